The van der Waals surface area contributed by atoms with Crippen molar-refractivity contribution in [2.75, 3.05) is 17.7 Å². The van der Waals surface area contributed by atoms with Gasteiger partial charge in [-0.2, -0.15) is 5.26 Å². The molecule has 0 heterocycles. The SMILES string of the molecule is Cc1ccc(SCCOc2ccc(/C=C(\C#N)C(=O)Nc3ccccc3C)cc2)cc1. The molecule has 0 bridgehead atoms. The summed E-state index contributed by atoms with van der Waals surface area (Å²) in [6.07, 6.45) is 1.57. The van der Waals surface area contributed by atoms with Crippen molar-refractivity contribution in [2.45, 2.75) is 18.7 Å². The second kappa shape index (κ2) is 11.1. The van der Waals surface area contributed by atoms with Crippen LogP contribution in [0.3, 0.4) is 0 Å². The summed E-state index contributed by atoms with van der Waals surface area (Å²) in [7, 11) is 0. The molecule has 0 spiro atoms. The largest absolute Gasteiger partial charge is 0.493 e. The normalized spacial score (nSPS) is 10.9. The summed E-state index contributed by atoms with van der Waals surface area (Å²) in [5, 5.41) is 12.2. The molecule has 3 aromatic rings. The molecule has 3 aromatic carbocycles. The van der Waals surface area contributed by atoms with E-state index in [-0.39, 0.29) is 5.57 Å². The summed E-state index contributed by atoms with van der Waals surface area (Å²) in [6.45, 7) is 4.58. The maximum Gasteiger partial charge on any atom is 0.266 e. The quantitative estimate of drug-likeness (QED) is 0.206. The fraction of sp³-hybridized carbons (Fsp3) is 0.154. The first-order valence-electron chi connectivity index (χ1n) is 9.96. The number of hydrogen-bond acceptors (Lipinski definition) is 4. The molecule has 5 heteroatoms. The van der Waals surface area contributed by atoms with Gasteiger partial charge in [0, 0.05) is 16.3 Å². The van der Waals surface area contributed by atoms with E-state index in [9.17, 15) is 10.1 Å². The predicted octanol–water partition coefficient (Wildman–Crippen LogP) is 6.02. The zero-order valence-corrected chi connectivity index (χ0v) is 18.4. The van der Waals surface area contributed by atoms with Crippen molar-refractivity contribution < 1.29 is 9.53 Å². The Bertz CT molecular complexity index is 1100. The number of ether oxygens (including phenoxy) is 1. The monoisotopic (exact) mass is 428 g/mol. The first-order chi connectivity index (χ1) is 15.0. The topological polar surface area (TPSA) is 62.1 Å². The van der Waals surface area contributed by atoms with Crippen LogP contribution in [-0.2, 0) is 4.79 Å². The van der Waals surface area contributed by atoms with Gasteiger partial charge in [0.05, 0.1) is 6.61 Å². The third-order valence-corrected chi connectivity index (χ3v) is 5.57. The zero-order chi connectivity index (χ0) is 22.1. The van der Waals surface area contributed by atoms with Crippen molar-refractivity contribution >= 4 is 29.4 Å². The highest BCUT2D eigenvalue weighted by Gasteiger charge is 2.10. The number of aryl methyl sites for hydroxylation is 2. The highest BCUT2D eigenvalue weighted by atomic mass is 32.2. The summed E-state index contributed by atoms with van der Waals surface area (Å²) < 4.78 is 5.79. The van der Waals surface area contributed by atoms with Crippen LogP contribution in [0.15, 0.2) is 83.3 Å². The van der Waals surface area contributed by atoms with Crippen LogP contribution < -0.4 is 10.1 Å². The second-order valence-corrected chi connectivity index (χ2v) is 8.19. The molecule has 0 fully saturated rings. The average molecular weight is 429 g/mol. The highest BCUT2D eigenvalue weighted by molar-refractivity contribution is 7.99. The number of carbonyl (C=O) groups excluding carboxylic acids is 1. The van der Waals surface area contributed by atoms with Gasteiger partial charge in [-0.1, -0.05) is 48.0 Å². The van der Waals surface area contributed by atoms with Crippen LogP contribution in [0.4, 0.5) is 5.69 Å². The lowest BCUT2D eigenvalue weighted by Crippen LogP contribution is -2.14. The van der Waals surface area contributed by atoms with Crippen molar-refractivity contribution in [3.8, 4) is 11.8 Å². The van der Waals surface area contributed by atoms with Crippen LogP contribution in [0, 0.1) is 25.2 Å². The molecule has 1 amide bonds. The molecular weight excluding hydrogens is 404 g/mol. The molecule has 3 rings (SSSR count). The van der Waals surface area contributed by atoms with Crippen molar-refractivity contribution in [1.82, 2.24) is 0 Å². The van der Waals surface area contributed by atoms with Crippen LogP contribution in [0.25, 0.3) is 6.08 Å². The number of amides is 1. The van der Waals surface area contributed by atoms with E-state index in [1.807, 2.05) is 61.5 Å². The Morgan fingerprint density at radius 1 is 1.03 bits per heavy atom. The fourth-order valence-corrected chi connectivity index (χ4v) is 3.56. The van der Waals surface area contributed by atoms with E-state index in [2.05, 4.69) is 36.5 Å². The van der Waals surface area contributed by atoms with Crippen LogP contribution in [-0.4, -0.2) is 18.3 Å². The van der Waals surface area contributed by atoms with Gasteiger partial charge in [-0.3, -0.25) is 4.79 Å². The van der Waals surface area contributed by atoms with Crippen molar-refractivity contribution in [3.05, 3.63) is 95.1 Å². The number of hydrogen-bond donors (Lipinski definition) is 1. The minimum atomic E-state index is -0.426. The van der Waals surface area contributed by atoms with Crippen LogP contribution >= 0.6 is 11.8 Å². The van der Waals surface area contributed by atoms with Crippen LogP contribution in [0.5, 0.6) is 5.75 Å². The van der Waals surface area contributed by atoms with E-state index in [0.29, 0.717) is 12.3 Å². The van der Waals surface area contributed by atoms with Crippen LogP contribution in [0.2, 0.25) is 0 Å². The third kappa shape index (κ3) is 6.77. The summed E-state index contributed by atoms with van der Waals surface area (Å²) in [5.41, 5.74) is 3.70. The van der Waals surface area contributed by atoms with Gasteiger partial charge in [0.1, 0.15) is 17.4 Å². The molecular formula is C26H24N2O2S. The maximum atomic E-state index is 12.4. The second-order valence-electron chi connectivity index (χ2n) is 7.02. The van der Waals surface area contributed by atoms with E-state index in [0.717, 1.165) is 22.6 Å². The molecule has 156 valence electrons. The van der Waals surface area contributed by atoms with Gasteiger partial charge in [0.2, 0.25) is 0 Å². The lowest BCUT2D eigenvalue weighted by molar-refractivity contribution is -0.112. The maximum absolute atomic E-state index is 12.4. The Morgan fingerprint density at radius 3 is 2.42 bits per heavy atom. The fourth-order valence-electron chi connectivity index (χ4n) is 2.83. The number of nitriles is 1. The lowest BCUT2D eigenvalue weighted by Gasteiger charge is -2.08. The summed E-state index contributed by atoms with van der Waals surface area (Å²) in [5.74, 6) is 1.18. The first kappa shape index (κ1) is 22.2. The van der Waals surface area contributed by atoms with Crippen molar-refractivity contribution in [1.29, 1.82) is 5.26 Å². The first-order valence-corrected chi connectivity index (χ1v) is 10.9. The van der Waals surface area contributed by atoms with Gasteiger partial charge >= 0.3 is 0 Å². The number of benzene rings is 3. The minimum absolute atomic E-state index is 0.0476. The van der Waals surface area contributed by atoms with Crippen LogP contribution in [0.1, 0.15) is 16.7 Å². The molecule has 0 atom stereocenters. The molecule has 0 saturated heterocycles. The van der Waals surface area contributed by atoms with E-state index in [1.165, 1.54) is 10.5 Å². The molecule has 4 nitrogen and oxygen atoms in total. The third-order valence-electron chi connectivity index (χ3n) is 4.59. The smallest absolute Gasteiger partial charge is 0.266 e. The minimum Gasteiger partial charge on any atom is -0.493 e. The number of carbonyl (C=O) groups is 1. The predicted molar refractivity (Wildman–Crippen MR) is 127 cm³/mol. The molecule has 0 aliphatic carbocycles. The van der Waals surface area contributed by atoms with Gasteiger partial charge in [-0.05, 0) is 61.4 Å². The Balaban J connectivity index is 1.53. The molecule has 1 N–H and O–H groups in total. The number of nitrogens with one attached hydrogen (secondary N) is 1. The molecule has 0 unspecified atom stereocenters. The van der Waals surface area contributed by atoms with Gasteiger partial charge in [0.15, 0.2) is 0 Å². The van der Waals surface area contributed by atoms with Crippen molar-refractivity contribution in [2.24, 2.45) is 0 Å². The average Bonchev–Trinajstić information content (AvgIpc) is 2.78. The van der Waals surface area contributed by atoms with Gasteiger partial charge in [-0.25, -0.2) is 0 Å². The van der Waals surface area contributed by atoms with E-state index in [4.69, 9.17) is 4.74 Å². The Labute approximate surface area is 187 Å². The highest BCUT2D eigenvalue weighted by Crippen LogP contribution is 2.20. The standard InChI is InChI=1S/C26H24N2O2S/c1-19-7-13-24(14-8-19)31-16-15-30-23-11-9-21(10-12-23)17-22(18-27)26(29)28-25-6-4-3-5-20(25)2/h3-14,17H,15-16H2,1-2H3,(H,28,29)/b22-17+. The Hall–Kier alpha value is -3.49. The molecule has 0 aliphatic heterocycles. The zero-order valence-electron chi connectivity index (χ0n) is 17.6. The molecule has 31 heavy (non-hydrogen) atoms. The Kier molecular flexibility index (Phi) is 7.91. The van der Waals surface area contributed by atoms with E-state index in [1.54, 1.807) is 17.8 Å². The molecule has 0 aromatic heterocycles. The van der Waals surface area contributed by atoms with E-state index >= 15 is 0 Å². The molecule has 0 radical (unpaired) electrons. The van der Waals surface area contributed by atoms with Gasteiger partial charge in [-0.15, -0.1) is 11.8 Å². The Morgan fingerprint density at radius 2 is 1.74 bits per heavy atom. The van der Waals surface area contributed by atoms with Gasteiger partial charge < -0.3 is 10.1 Å². The van der Waals surface area contributed by atoms with Gasteiger partial charge in [0.25, 0.3) is 5.91 Å². The number of thioether (sulfide) groups is 1. The lowest BCUT2D eigenvalue weighted by atomic mass is 10.1. The van der Waals surface area contributed by atoms with E-state index < -0.39 is 5.91 Å². The summed E-state index contributed by atoms with van der Waals surface area (Å²) in [4.78, 5) is 13.7. The summed E-state index contributed by atoms with van der Waals surface area (Å²) in [6, 6.07) is 25.2. The number of nitrogens with zero attached hydrogens (tertiary/aromatic N) is 1. The number of anilines is 1. The van der Waals surface area contributed by atoms with Crippen molar-refractivity contribution in [3.63, 3.8) is 0 Å². The number of rotatable bonds is 8. The molecule has 0 saturated carbocycles. The summed E-state index contributed by atoms with van der Waals surface area (Å²) >= 11 is 1.75. The molecule has 0 aliphatic rings. The number of para-hydroxylation sites is 1.